The van der Waals surface area contributed by atoms with Crippen LogP contribution in [-0.4, -0.2) is 69.5 Å². The lowest BCUT2D eigenvalue weighted by Crippen LogP contribution is -2.57. The SMILES string of the molecule is CC(C)CC(N)C(=O)NC(Cc1cnc[nH]1)C(=O)NC(CCCCN)C(=O)NC(Cc1ccccc1)C(=O)O. The second kappa shape index (κ2) is 16.2. The molecule has 0 bridgehead atoms. The van der Waals surface area contributed by atoms with Crippen LogP contribution in [0.1, 0.15) is 50.8 Å². The van der Waals surface area contributed by atoms with E-state index >= 15 is 0 Å². The molecule has 214 valence electrons. The number of nitrogens with zero attached hydrogens (tertiary/aromatic N) is 1. The van der Waals surface area contributed by atoms with Crippen molar-refractivity contribution < 1.29 is 24.3 Å². The van der Waals surface area contributed by atoms with Gasteiger partial charge in [-0.2, -0.15) is 0 Å². The molecule has 1 aromatic heterocycles. The zero-order valence-corrected chi connectivity index (χ0v) is 22.6. The van der Waals surface area contributed by atoms with Crippen LogP contribution >= 0.6 is 0 Å². The molecule has 2 aromatic rings. The number of nitrogens with one attached hydrogen (secondary N) is 4. The Balaban J connectivity index is 2.18. The van der Waals surface area contributed by atoms with Crippen molar-refractivity contribution in [1.82, 2.24) is 25.9 Å². The van der Waals surface area contributed by atoms with E-state index < -0.39 is 47.9 Å². The van der Waals surface area contributed by atoms with Gasteiger partial charge in [-0.1, -0.05) is 44.2 Å². The second-order valence-corrected chi connectivity index (χ2v) is 10.0. The number of carboxylic acids is 1. The summed E-state index contributed by atoms with van der Waals surface area (Å²) in [4.78, 5) is 58.1. The maximum absolute atomic E-state index is 13.4. The van der Waals surface area contributed by atoms with E-state index in [4.69, 9.17) is 11.5 Å². The third kappa shape index (κ3) is 11.2. The first kappa shape index (κ1) is 31.4. The van der Waals surface area contributed by atoms with Gasteiger partial charge in [0.2, 0.25) is 17.7 Å². The molecule has 9 N–H and O–H groups in total. The Morgan fingerprint density at radius 2 is 1.56 bits per heavy atom. The summed E-state index contributed by atoms with van der Waals surface area (Å²) in [5, 5.41) is 17.7. The first-order valence-corrected chi connectivity index (χ1v) is 13.2. The lowest BCUT2D eigenvalue weighted by molar-refractivity contribution is -0.142. The van der Waals surface area contributed by atoms with Gasteiger partial charge in [0.05, 0.1) is 12.4 Å². The second-order valence-electron chi connectivity index (χ2n) is 10.0. The molecule has 3 amide bonds. The predicted octanol–water partition coefficient (Wildman–Crippen LogP) is 0.236. The molecule has 0 spiro atoms. The number of aliphatic carboxylic acids is 1. The van der Waals surface area contributed by atoms with Crippen molar-refractivity contribution in [3.8, 4) is 0 Å². The predicted molar refractivity (Wildman–Crippen MR) is 146 cm³/mol. The van der Waals surface area contributed by atoms with Crippen molar-refractivity contribution in [2.24, 2.45) is 17.4 Å². The van der Waals surface area contributed by atoms with Gasteiger partial charge in [-0.15, -0.1) is 0 Å². The molecule has 0 saturated carbocycles. The molecule has 0 fully saturated rings. The molecule has 1 heterocycles. The monoisotopic (exact) mass is 543 g/mol. The number of H-pyrrole nitrogens is 1. The number of amides is 3. The average molecular weight is 544 g/mol. The topological polar surface area (TPSA) is 205 Å². The molecule has 0 saturated heterocycles. The van der Waals surface area contributed by atoms with Crippen LogP contribution in [0, 0.1) is 5.92 Å². The van der Waals surface area contributed by atoms with E-state index in [1.807, 2.05) is 19.9 Å². The third-order valence-corrected chi connectivity index (χ3v) is 6.15. The van der Waals surface area contributed by atoms with Crippen molar-refractivity contribution in [2.45, 2.75) is 76.5 Å². The average Bonchev–Trinajstić information content (AvgIpc) is 3.40. The normalized spacial score (nSPS) is 14.2. The number of aromatic nitrogens is 2. The Kier molecular flexibility index (Phi) is 13.1. The molecule has 0 aliphatic carbocycles. The number of hydrogen-bond donors (Lipinski definition) is 7. The first-order chi connectivity index (χ1) is 18.6. The van der Waals surface area contributed by atoms with Crippen molar-refractivity contribution >= 4 is 23.7 Å². The van der Waals surface area contributed by atoms with E-state index in [9.17, 15) is 24.3 Å². The summed E-state index contributed by atoms with van der Waals surface area (Å²) in [6, 6.07) is 4.86. The van der Waals surface area contributed by atoms with Crippen LogP contribution in [0.2, 0.25) is 0 Å². The molecule has 12 nitrogen and oxygen atoms in total. The summed E-state index contributed by atoms with van der Waals surface area (Å²) in [6.07, 6.45) is 4.99. The molecule has 12 heteroatoms. The molecule has 0 aliphatic rings. The van der Waals surface area contributed by atoms with E-state index in [-0.39, 0.29) is 25.2 Å². The van der Waals surface area contributed by atoms with Crippen LogP contribution in [0.25, 0.3) is 0 Å². The molecule has 4 atom stereocenters. The van der Waals surface area contributed by atoms with Crippen molar-refractivity contribution in [3.05, 3.63) is 54.1 Å². The summed E-state index contributed by atoms with van der Waals surface area (Å²) < 4.78 is 0. The molecule has 0 aliphatic heterocycles. The Morgan fingerprint density at radius 1 is 0.923 bits per heavy atom. The lowest BCUT2D eigenvalue weighted by Gasteiger charge is -2.25. The van der Waals surface area contributed by atoms with Gasteiger partial charge in [-0.25, -0.2) is 9.78 Å². The number of aromatic amines is 1. The fourth-order valence-corrected chi connectivity index (χ4v) is 4.08. The lowest BCUT2D eigenvalue weighted by atomic mass is 10.0. The van der Waals surface area contributed by atoms with Crippen LogP contribution in [0.3, 0.4) is 0 Å². The number of rotatable bonds is 17. The smallest absolute Gasteiger partial charge is 0.326 e. The Morgan fingerprint density at radius 3 is 2.15 bits per heavy atom. The number of carboxylic acid groups (broad SMARTS) is 1. The fraction of sp³-hybridized carbons (Fsp3) is 0.519. The van der Waals surface area contributed by atoms with Gasteiger partial charge in [0, 0.05) is 24.7 Å². The zero-order valence-electron chi connectivity index (χ0n) is 22.6. The van der Waals surface area contributed by atoms with Crippen LogP contribution < -0.4 is 27.4 Å². The molecule has 1 aromatic carbocycles. The highest BCUT2D eigenvalue weighted by atomic mass is 16.4. The molecular formula is C27H41N7O5. The van der Waals surface area contributed by atoms with Crippen molar-refractivity contribution in [3.63, 3.8) is 0 Å². The molecule has 4 unspecified atom stereocenters. The highest BCUT2D eigenvalue weighted by Gasteiger charge is 2.30. The highest BCUT2D eigenvalue weighted by molar-refractivity contribution is 5.94. The number of carbonyl (C=O) groups is 4. The summed E-state index contributed by atoms with van der Waals surface area (Å²) in [6.45, 7) is 4.28. The maximum atomic E-state index is 13.4. The minimum Gasteiger partial charge on any atom is -0.480 e. The van der Waals surface area contributed by atoms with Gasteiger partial charge in [0.15, 0.2) is 0 Å². The Bertz CT molecular complexity index is 1050. The van der Waals surface area contributed by atoms with Gasteiger partial charge >= 0.3 is 5.97 Å². The van der Waals surface area contributed by atoms with Gasteiger partial charge in [-0.05, 0) is 43.7 Å². The minimum atomic E-state index is -1.19. The molecular weight excluding hydrogens is 502 g/mol. The van der Waals surface area contributed by atoms with Crippen LogP contribution in [-0.2, 0) is 32.0 Å². The van der Waals surface area contributed by atoms with Crippen LogP contribution in [0.5, 0.6) is 0 Å². The van der Waals surface area contributed by atoms with E-state index in [0.717, 1.165) is 5.56 Å². The van der Waals surface area contributed by atoms with Crippen molar-refractivity contribution in [2.75, 3.05) is 6.54 Å². The Labute approximate surface area is 228 Å². The highest BCUT2D eigenvalue weighted by Crippen LogP contribution is 2.09. The molecule has 39 heavy (non-hydrogen) atoms. The number of hydrogen-bond acceptors (Lipinski definition) is 7. The van der Waals surface area contributed by atoms with E-state index in [1.54, 1.807) is 24.3 Å². The third-order valence-electron chi connectivity index (χ3n) is 6.15. The van der Waals surface area contributed by atoms with Gasteiger partial charge in [0.25, 0.3) is 0 Å². The molecule has 0 radical (unpaired) electrons. The minimum absolute atomic E-state index is 0.0810. The summed E-state index contributed by atoms with van der Waals surface area (Å²) >= 11 is 0. The fourth-order valence-electron chi connectivity index (χ4n) is 4.08. The number of unbranched alkanes of at least 4 members (excludes halogenated alkanes) is 1. The van der Waals surface area contributed by atoms with E-state index in [2.05, 4.69) is 25.9 Å². The van der Waals surface area contributed by atoms with Crippen LogP contribution in [0.15, 0.2) is 42.9 Å². The Hall–Kier alpha value is -3.77. The van der Waals surface area contributed by atoms with Gasteiger partial charge < -0.3 is 37.5 Å². The van der Waals surface area contributed by atoms with Gasteiger partial charge in [-0.3, -0.25) is 14.4 Å². The standard InChI is InChI=1S/C27H41N7O5/c1-17(2)12-20(29)24(35)33-22(14-19-15-30-16-31-19)26(37)32-21(10-6-7-11-28)25(36)34-23(27(38)39)13-18-8-4-3-5-9-18/h3-5,8-9,15-17,20-23H,6-7,10-14,28-29H2,1-2H3,(H,30,31)(H,32,37)(H,33,35)(H,34,36)(H,38,39). The van der Waals surface area contributed by atoms with Gasteiger partial charge in [0.1, 0.15) is 18.1 Å². The number of carbonyl (C=O) groups excluding carboxylic acids is 3. The van der Waals surface area contributed by atoms with Crippen LogP contribution in [0.4, 0.5) is 0 Å². The van der Waals surface area contributed by atoms with Crippen molar-refractivity contribution in [1.29, 1.82) is 0 Å². The van der Waals surface area contributed by atoms with E-state index in [1.165, 1.54) is 12.5 Å². The number of imidazole rings is 1. The zero-order chi connectivity index (χ0) is 28.8. The first-order valence-electron chi connectivity index (χ1n) is 13.2. The quantitative estimate of drug-likeness (QED) is 0.137. The largest absolute Gasteiger partial charge is 0.480 e. The number of benzene rings is 1. The molecule has 2 rings (SSSR count). The summed E-state index contributed by atoms with van der Waals surface area (Å²) in [5.74, 6) is -2.73. The maximum Gasteiger partial charge on any atom is 0.326 e. The summed E-state index contributed by atoms with van der Waals surface area (Å²) in [5.41, 5.74) is 13.0. The summed E-state index contributed by atoms with van der Waals surface area (Å²) in [7, 11) is 0. The number of nitrogens with two attached hydrogens (primary N) is 2. The van der Waals surface area contributed by atoms with E-state index in [0.29, 0.717) is 31.5 Å².